The van der Waals surface area contributed by atoms with E-state index in [0.717, 1.165) is 22.5 Å². The lowest BCUT2D eigenvalue weighted by atomic mass is 10.2. The van der Waals surface area contributed by atoms with Crippen LogP contribution in [0, 0.1) is 6.92 Å². The number of rotatable bonds is 7. The zero-order chi connectivity index (χ0) is 19.9. The number of nitrogens with one attached hydrogen (secondary N) is 2. The number of carbonyl (C=O) groups excluding carboxylic acids is 2. The van der Waals surface area contributed by atoms with Crippen molar-refractivity contribution >= 4 is 57.3 Å². The first kappa shape index (κ1) is 20.4. The first-order valence-corrected chi connectivity index (χ1v) is 10.9. The van der Waals surface area contributed by atoms with Crippen molar-refractivity contribution < 1.29 is 9.59 Å². The van der Waals surface area contributed by atoms with Crippen LogP contribution in [0.1, 0.15) is 5.56 Å². The number of hydrogen-bond donors (Lipinski definition) is 2. The molecule has 1 aromatic heterocycles. The highest BCUT2D eigenvalue weighted by Crippen LogP contribution is 2.30. The second kappa shape index (κ2) is 9.73. The predicted molar refractivity (Wildman–Crippen MR) is 118 cm³/mol. The number of thiazole rings is 1. The molecule has 28 heavy (non-hydrogen) atoms. The number of anilines is 2. The molecule has 1 heterocycles. The Labute approximate surface area is 176 Å². The second-order valence-corrected chi connectivity index (χ2v) is 8.23. The number of aromatic nitrogens is 1. The van der Waals surface area contributed by atoms with E-state index in [1.54, 1.807) is 6.07 Å². The van der Waals surface area contributed by atoms with Gasteiger partial charge in [-0.2, -0.15) is 0 Å². The Morgan fingerprint density at radius 3 is 2.57 bits per heavy atom. The fourth-order valence-corrected chi connectivity index (χ4v) is 4.01. The van der Waals surface area contributed by atoms with Gasteiger partial charge in [-0.1, -0.05) is 41.9 Å². The van der Waals surface area contributed by atoms with Gasteiger partial charge in [0, 0.05) is 21.7 Å². The van der Waals surface area contributed by atoms with Gasteiger partial charge in [0.15, 0.2) is 5.13 Å². The van der Waals surface area contributed by atoms with E-state index < -0.39 is 0 Å². The Morgan fingerprint density at radius 2 is 1.82 bits per heavy atom. The number of halogens is 1. The van der Waals surface area contributed by atoms with E-state index in [2.05, 4.69) is 15.6 Å². The molecule has 0 radical (unpaired) electrons. The molecule has 0 saturated heterocycles. The van der Waals surface area contributed by atoms with Crippen LogP contribution in [0.3, 0.4) is 0 Å². The lowest BCUT2D eigenvalue weighted by Crippen LogP contribution is -2.18. The molecule has 0 unspecified atom stereocenters. The first-order chi connectivity index (χ1) is 13.5. The lowest BCUT2D eigenvalue weighted by Gasteiger charge is -2.06. The van der Waals surface area contributed by atoms with E-state index in [-0.39, 0.29) is 23.3 Å². The van der Waals surface area contributed by atoms with Gasteiger partial charge in [0.25, 0.3) is 0 Å². The molecule has 8 heteroatoms. The number of amides is 2. The summed E-state index contributed by atoms with van der Waals surface area (Å²) in [5, 5.41) is 8.54. The molecule has 3 aromatic rings. The van der Waals surface area contributed by atoms with Crippen LogP contribution in [0.2, 0.25) is 5.02 Å². The second-order valence-electron chi connectivity index (χ2n) is 5.98. The van der Waals surface area contributed by atoms with Gasteiger partial charge in [0.1, 0.15) is 0 Å². The average Bonchev–Trinajstić information content (AvgIpc) is 3.10. The number of thioether (sulfide) groups is 1. The minimum Gasteiger partial charge on any atom is -0.325 e. The molecule has 0 aliphatic heterocycles. The molecule has 2 N–H and O–H groups in total. The van der Waals surface area contributed by atoms with Gasteiger partial charge in [-0.25, -0.2) is 4.98 Å². The summed E-state index contributed by atoms with van der Waals surface area (Å²) in [6.45, 7) is 1.96. The highest BCUT2D eigenvalue weighted by atomic mass is 35.5. The maximum atomic E-state index is 12.1. The highest BCUT2D eigenvalue weighted by molar-refractivity contribution is 8.00. The summed E-state index contributed by atoms with van der Waals surface area (Å²) in [5.74, 6) is 0.0267. The molecule has 0 bridgehead atoms. The van der Waals surface area contributed by atoms with Crippen LogP contribution in [-0.4, -0.2) is 28.3 Å². The maximum Gasteiger partial charge on any atom is 0.236 e. The smallest absolute Gasteiger partial charge is 0.236 e. The van der Waals surface area contributed by atoms with Gasteiger partial charge in [-0.3, -0.25) is 9.59 Å². The highest BCUT2D eigenvalue weighted by Gasteiger charge is 2.11. The fraction of sp³-hybridized carbons (Fsp3) is 0.150. The van der Waals surface area contributed by atoms with Crippen LogP contribution < -0.4 is 10.6 Å². The van der Waals surface area contributed by atoms with Gasteiger partial charge < -0.3 is 10.6 Å². The summed E-state index contributed by atoms with van der Waals surface area (Å²) in [7, 11) is 0. The minimum absolute atomic E-state index is 0.140. The van der Waals surface area contributed by atoms with Crippen molar-refractivity contribution in [3.8, 4) is 11.3 Å². The first-order valence-electron chi connectivity index (χ1n) is 8.46. The van der Waals surface area contributed by atoms with Crippen LogP contribution in [0.4, 0.5) is 10.8 Å². The number of aryl methyl sites for hydroxylation is 1. The maximum absolute atomic E-state index is 12.1. The quantitative estimate of drug-likeness (QED) is 0.547. The number of nitrogens with zero attached hydrogens (tertiary/aromatic N) is 1. The van der Waals surface area contributed by atoms with E-state index >= 15 is 0 Å². The molecule has 0 aliphatic rings. The van der Waals surface area contributed by atoms with E-state index in [1.807, 2.05) is 54.8 Å². The Hall–Kier alpha value is -2.35. The topological polar surface area (TPSA) is 71.1 Å². The summed E-state index contributed by atoms with van der Waals surface area (Å²) in [6, 6.07) is 15.0. The molecule has 0 spiro atoms. The van der Waals surface area contributed by atoms with Crippen LogP contribution in [0.15, 0.2) is 53.9 Å². The van der Waals surface area contributed by atoms with Crippen molar-refractivity contribution in [2.45, 2.75) is 6.92 Å². The molecule has 0 fully saturated rings. The third-order valence-electron chi connectivity index (χ3n) is 3.67. The van der Waals surface area contributed by atoms with Crippen molar-refractivity contribution in [1.82, 2.24) is 4.98 Å². The van der Waals surface area contributed by atoms with Crippen LogP contribution in [0.5, 0.6) is 0 Å². The standard InChI is InChI=1S/C20H18ClN3O2S2/c1-13-5-4-6-14(9-13)22-18(25)11-27-12-19(26)24-20-23-17(10-28-20)15-7-2-3-8-16(15)21/h2-10H,11-12H2,1H3,(H,22,25)(H,23,24,26). The van der Waals surface area contributed by atoms with E-state index in [0.29, 0.717) is 10.2 Å². The average molecular weight is 432 g/mol. The molecule has 2 aromatic carbocycles. The van der Waals surface area contributed by atoms with Gasteiger partial charge in [-0.05, 0) is 30.7 Å². The normalized spacial score (nSPS) is 10.5. The Morgan fingerprint density at radius 1 is 1.07 bits per heavy atom. The third-order valence-corrected chi connectivity index (χ3v) is 5.69. The number of hydrogen-bond acceptors (Lipinski definition) is 5. The summed E-state index contributed by atoms with van der Waals surface area (Å²) in [5.41, 5.74) is 3.37. The number of benzene rings is 2. The zero-order valence-electron chi connectivity index (χ0n) is 15.1. The van der Waals surface area contributed by atoms with Crippen molar-refractivity contribution in [3.63, 3.8) is 0 Å². The van der Waals surface area contributed by atoms with Crippen molar-refractivity contribution in [3.05, 3.63) is 64.5 Å². The van der Waals surface area contributed by atoms with Crippen LogP contribution in [-0.2, 0) is 9.59 Å². The van der Waals surface area contributed by atoms with E-state index in [1.165, 1.54) is 23.1 Å². The largest absolute Gasteiger partial charge is 0.325 e. The van der Waals surface area contributed by atoms with E-state index in [4.69, 9.17) is 11.6 Å². The Kier molecular flexibility index (Phi) is 7.08. The summed E-state index contributed by atoms with van der Waals surface area (Å²) in [6.07, 6.45) is 0. The monoisotopic (exact) mass is 431 g/mol. The third kappa shape index (κ3) is 5.82. The van der Waals surface area contributed by atoms with Crippen molar-refractivity contribution in [1.29, 1.82) is 0 Å². The zero-order valence-corrected chi connectivity index (χ0v) is 17.5. The van der Waals surface area contributed by atoms with Crippen molar-refractivity contribution in [2.75, 3.05) is 22.1 Å². The fourth-order valence-electron chi connectivity index (χ4n) is 2.44. The summed E-state index contributed by atoms with van der Waals surface area (Å²) < 4.78 is 0. The molecule has 0 saturated carbocycles. The van der Waals surface area contributed by atoms with E-state index in [9.17, 15) is 9.59 Å². The molecule has 144 valence electrons. The van der Waals surface area contributed by atoms with Crippen LogP contribution >= 0.6 is 34.7 Å². The molecular formula is C20H18ClN3O2S2. The lowest BCUT2D eigenvalue weighted by molar-refractivity contribution is -0.114. The van der Waals surface area contributed by atoms with Crippen molar-refractivity contribution in [2.24, 2.45) is 0 Å². The number of carbonyl (C=O) groups is 2. The summed E-state index contributed by atoms with van der Waals surface area (Å²) in [4.78, 5) is 28.5. The summed E-state index contributed by atoms with van der Waals surface area (Å²) >= 11 is 8.76. The SMILES string of the molecule is Cc1cccc(NC(=O)CSCC(=O)Nc2nc(-c3ccccc3Cl)cs2)c1. The molecule has 0 atom stereocenters. The van der Waals surface area contributed by atoms with Gasteiger partial charge in [0.2, 0.25) is 11.8 Å². The predicted octanol–water partition coefficient (Wildman–Crippen LogP) is 5.08. The molecule has 3 rings (SSSR count). The molecule has 2 amide bonds. The Bertz CT molecular complexity index is 991. The van der Waals surface area contributed by atoms with Crippen LogP contribution in [0.25, 0.3) is 11.3 Å². The van der Waals surface area contributed by atoms with Gasteiger partial charge >= 0.3 is 0 Å². The Balaban J connectivity index is 1.45. The molecular weight excluding hydrogens is 414 g/mol. The minimum atomic E-state index is -0.201. The molecule has 5 nitrogen and oxygen atoms in total. The molecule has 0 aliphatic carbocycles. The van der Waals surface area contributed by atoms with Gasteiger partial charge in [-0.15, -0.1) is 23.1 Å². The van der Waals surface area contributed by atoms with Gasteiger partial charge in [0.05, 0.1) is 17.2 Å².